The number of rotatable bonds is 47. The first-order valence-electron chi connectivity index (χ1n) is 43.1. The van der Waals surface area contributed by atoms with Crippen molar-refractivity contribution in [3.63, 3.8) is 0 Å². The summed E-state index contributed by atoms with van der Waals surface area (Å²) in [6.45, 7) is -20.0. The van der Waals surface area contributed by atoms with E-state index in [1.54, 1.807) is 20.8 Å². The molecule has 6 aliphatic heterocycles. The number of nitrogens with zero attached hydrogens (tertiary/aromatic N) is 17. The van der Waals surface area contributed by atoms with Crippen molar-refractivity contribution < 1.29 is 146 Å². The maximum atomic E-state index is 15.5. The van der Waals surface area contributed by atoms with Gasteiger partial charge in [0.05, 0.1) is 130 Å². The first-order chi connectivity index (χ1) is 68.0. The summed E-state index contributed by atoms with van der Waals surface area (Å²) in [6.07, 6.45) is -24.5. The molecular weight excluding hydrogens is 2090 g/mol. The molecule has 6 aliphatic rings. The van der Waals surface area contributed by atoms with E-state index in [2.05, 4.69) is 69.8 Å². The molecule has 16 heterocycles. The molecule has 784 valence electrons. The Balaban J connectivity index is 0.682. The average Bonchev–Trinajstić information content (AvgIpc) is 2.21. The van der Waals surface area contributed by atoms with E-state index in [0.717, 1.165) is 23.5 Å². The zero-order valence-electron chi connectivity index (χ0n) is 76.2. The smallest absolute Gasteiger partial charge is 0.387 e. The third-order valence-electron chi connectivity index (χ3n) is 23.2. The van der Waals surface area contributed by atoms with E-state index in [-0.39, 0.29) is 140 Å². The van der Waals surface area contributed by atoms with E-state index in [9.17, 15) is 53.5 Å². The zero-order valence-corrected chi connectivity index (χ0v) is 84.0. The van der Waals surface area contributed by atoms with E-state index in [0.29, 0.717) is 11.1 Å². The van der Waals surface area contributed by atoms with Crippen LogP contribution < -0.4 is 62.5 Å². The fourth-order valence-corrected chi connectivity index (χ4v) is 23.3. The molecule has 0 saturated carbocycles. The highest BCUT2D eigenvalue weighted by molar-refractivity contribution is 8.08. The van der Waals surface area contributed by atoms with Crippen LogP contribution in [0.2, 0.25) is 0 Å². The van der Waals surface area contributed by atoms with Gasteiger partial charge in [-0.25, -0.2) is 44.1 Å². The topological polar surface area (TPSA) is 820 Å². The number of aliphatic hydroxyl groups excluding tert-OH is 1. The first kappa shape index (κ1) is 108. The van der Waals surface area contributed by atoms with Crippen LogP contribution in [0, 0.1) is 13.8 Å². The van der Waals surface area contributed by atoms with Gasteiger partial charge in [-0.2, -0.15) is 24.9 Å². The molecule has 6 fully saturated rings. The van der Waals surface area contributed by atoms with Gasteiger partial charge in [0.25, 0.3) is 16.7 Å². The Morgan fingerprint density at radius 2 is 0.734 bits per heavy atom. The maximum Gasteiger partial charge on any atom is 0.472 e. The summed E-state index contributed by atoms with van der Waals surface area (Å²) >= 11 is 22.9. The van der Waals surface area contributed by atoms with Gasteiger partial charge in [0, 0.05) is 64.8 Å². The number of fused-ring (bicyclic) bond motifs is 4. The molecule has 9 unspecified atom stereocenters. The summed E-state index contributed by atoms with van der Waals surface area (Å²) < 4.78 is 170. The van der Waals surface area contributed by atoms with Gasteiger partial charge in [0.1, 0.15) is 115 Å². The molecule has 62 nitrogen and oxygen atoms in total. The largest absolute Gasteiger partial charge is 0.472 e. The number of aryl methyl sites for hydroxylation is 2. The van der Waals surface area contributed by atoms with E-state index < -0.39 is 237 Å². The highest BCUT2D eigenvalue weighted by atomic mass is 32.5. The Labute approximate surface area is 824 Å². The van der Waals surface area contributed by atoms with Crippen molar-refractivity contribution in [2.45, 2.75) is 169 Å². The highest BCUT2D eigenvalue weighted by Crippen LogP contribution is 2.58. The number of phosphoric acid groups is 1. The van der Waals surface area contributed by atoms with Crippen LogP contribution in [0.25, 0.3) is 44.7 Å². The summed E-state index contributed by atoms with van der Waals surface area (Å²) in [4.78, 5) is 181. The highest BCUT2D eigenvalue weighted by Gasteiger charge is 2.58. The van der Waals surface area contributed by atoms with Crippen LogP contribution in [0.1, 0.15) is 68.3 Å². The summed E-state index contributed by atoms with van der Waals surface area (Å²) in [5, 5.41) is 12.0. The fraction of sp³-hybridized carbons (Fsp3) is 0.611. The molecule has 0 spiro atoms. The van der Waals surface area contributed by atoms with Gasteiger partial charge in [-0.15, -0.1) is 0 Å². The van der Waals surface area contributed by atoms with E-state index in [1.807, 2.05) is 0 Å². The number of methoxy groups -OCH3 is 4. The van der Waals surface area contributed by atoms with Gasteiger partial charge in [-0.3, -0.25) is 74.8 Å². The average molecular weight is 2190 g/mol. The molecule has 0 aliphatic carbocycles. The minimum atomic E-state index is -5.82. The summed E-state index contributed by atoms with van der Waals surface area (Å²) in [6, 6.07) is 0. The van der Waals surface area contributed by atoms with Crippen LogP contribution in [-0.2, 0) is 163 Å². The molecule has 0 bridgehead atoms. The van der Waals surface area contributed by atoms with Crippen LogP contribution in [0.15, 0.2) is 68.0 Å². The lowest BCUT2D eigenvalue weighted by Gasteiger charge is -2.30. The Morgan fingerprint density at radius 3 is 1.16 bits per heavy atom. The van der Waals surface area contributed by atoms with Crippen molar-refractivity contribution in [2.75, 3.05) is 149 Å². The van der Waals surface area contributed by atoms with Gasteiger partial charge in [0.2, 0.25) is 17.8 Å². The number of imidazole rings is 4. The van der Waals surface area contributed by atoms with Crippen LogP contribution in [-0.4, -0.2) is 339 Å². The van der Waals surface area contributed by atoms with Gasteiger partial charge < -0.3 is 157 Å². The van der Waals surface area contributed by atoms with E-state index in [4.69, 9.17) is 193 Å². The Morgan fingerprint density at radius 1 is 0.392 bits per heavy atom. The molecule has 16 rings (SSSR count). The number of nitrogens with one attached hydrogen (secondary N) is 3. The number of aliphatic hydroxyl groups is 1. The Bertz CT molecular complexity index is 6830. The SMILES string of the molecule is COCCOC1[C@@H](O)[C@@H](COP(O)(=S)O[C@@H]2C(OCCOC)[C@H](n3cnc4c(=O)[nH]c(N)nc43)O[C@@H]2COP(O)(=S)O[C@@H]2C(OCCOC)[C@H](n3cnc4c(=O)[nH]c(N)nc43)O[C@@H]2COP(=O)(O)O[C@@H]2C(OCCOC)[C@H](n3cnc4c(N)ncnc43)O[C@@H]2COP(O)(=S)O[C@@H]2C[C@H](n3cc(C)c(N)nc3=O)O[C@@H]2COP(O)(=S)O[C@@H]2C[C@H](n3cc(C)c(N)nc3=O)O[C@@H]2C)O[C@H]1n1cnc2c(=O)[nH]c(N)nc21. The molecule has 143 heavy (non-hydrogen) atoms. The quantitative estimate of drug-likeness (QED) is 0.0138. The molecule has 10 aromatic rings. The number of H-pyrrole nitrogens is 3. The molecule has 0 radical (unpaired) electrons. The normalized spacial score (nSPS) is 29.0. The number of aromatic nitrogens is 20. The van der Waals surface area contributed by atoms with Gasteiger partial charge in [-0.1, -0.05) is 0 Å². The first-order valence-corrected chi connectivity index (χ1v) is 55.0. The molecule has 0 aromatic carbocycles. The molecule has 10 aromatic heterocycles. The standard InChI is InChI=1S/C72H101N26O36P5S4/c1-30-18-93(71(103)85-54(30)73)40-16-33(32(3)124-40)130-136(107,140)120-20-35-34(17-41(125-35)94-19-31(2)55(74)86-72(94)104)131-137(108,141)122-23-38-47(51(116-13-9-112-5)65(128-38)95-26-81-42-56(75)79-25-80-57(42)95)132-135(105,106)119-22-37-48(52(117-14-10-113-6)66(127-37)97-28-83-44-59(97)88-69(77)91-62(44)101)133-139(110,143)123-24-39-49(53(118-15-11-114-7)67(129-39)98-29-84-45-60(98)89-70(78)92-63(45)102)134-138(109,142)121-21-36-46(99)50(115-12-8-111-4)64(126-36)96-27-82-43-58(96)87-68(76)90-61(43)100/h18-19,25-29,32-41,46-53,64-67,99H,8-17,20-24H2,1-7H3,(H,105,106)(H,107,140)(H,108,141)(H,109,142)(H,110,143)(H2,73,85,103)(H2,74,86,104)(H2,75,79,80)(H3,76,87,90,100)(H3,77,88,91,101)(H3,78,89,92,102)/t32-,33-,34-,35-,36-,37-,38-,39-,40-,41-,46+,47+,48+,49+,50?,51?,52?,53?,64-,65-,66-,67-,136?,137?,138?,139?/m1/s1. The molecule has 0 amide bonds. The third kappa shape index (κ3) is 24.4. The molecule has 71 heteroatoms. The number of nitrogens with two attached hydrogens (primary N) is 6. The number of phosphoric ester groups is 1. The second-order valence-electron chi connectivity index (χ2n) is 32.7. The van der Waals surface area contributed by atoms with Crippen molar-refractivity contribution in [3.8, 4) is 0 Å². The van der Waals surface area contributed by atoms with Crippen molar-refractivity contribution in [1.82, 2.24) is 97.2 Å². The lowest BCUT2D eigenvalue weighted by Crippen LogP contribution is -2.40. The fourth-order valence-electron chi connectivity index (χ4n) is 16.5. The van der Waals surface area contributed by atoms with Gasteiger partial charge >= 0.3 is 46.1 Å². The van der Waals surface area contributed by atoms with E-state index >= 15 is 4.57 Å². The number of hydrogen-bond acceptors (Lipinski definition) is 52. The number of ether oxygens (including phenoxy) is 14. The second-order valence-corrected chi connectivity index (χ2v) is 45.3. The third-order valence-corrected chi connectivity index (χ3v) is 30.5. The lowest BCUT2D eigenvalue weighted by molar-refractivity contribution is -0.0815. The van der Waals surface area contributed by atoms with Crippen molar-refractivity contribution >= 4 is 162 Å². The van der Waals surface area contributed by atoms with Crippen LogP contribution in [0.4, 0.5) is 35.3 Å². The zero-order chi connectivity index (χ0) is 102. The van der Waals surface area contributed by atoms with E-state index in [1.165, 1.54) is 76.3 Å². The number of anilines is 6. The number of hydrogen-bond donors (Lipinski definition) is 15. The second kappa shape index (κ2) is 45.1. The van der Waals surface area contributed by atoms with Crippen molar-refractivity contribution in [3.05, 3.63) is 107 Å². The predicted molar refractivity (Wildman–Crippen MR) is 504 cm³/mol. The van der Waals surface area contributed by atoms with Gasteiger partial charge in [-0.05, 0) is 68.0 Å². The lowest BCUT2D eigenvalue weighted by atomic mass is 10.1. The minimum absolute atomic E-state index is 0.0143. The maximum absolute atomic E-state index is 15.5. The molecule has 21 N–H and O–H groups in total. The summed E-state index contributed by atoms with van der Waals surface area (Å²) in [5.74, 6) is -1.22. The molecule has 27 atom stereocenters. The van der Waals surface area contributed by atoms with Crippen LogP contribution in [0.5, 0.6) is 0 Å². The van der Waals surface area contributed by atoms with Crippen molar-refractivity contribution in [2.24, 2.45) is 0 Å². The molecule has 6 saturated heterocycles. The Kier molecular flexibility index (Phi) is 33.9. The predicted octanol–water partition coefficient (Wildman–Crippen LogP) is -2.50. The number of aromatic amines is 3. The summed E-state index contributed by atoms with van der Waals surface area (Å²) in [7, 11) is -0.349. The minimum Gasteiger partial charge on any atom is -0.387 e. The summed E-state index contributed by atoms with van der Waals surface area (Å²) in [5.41, 5.74) is 32.2. The van der Waals surface area contributed by atoms with Crippen molar-refractivity contribution in [1.29, 1.82) is 0 Å². The van der Waals surface area contributed by atoms with Crippen LogP contribution >= 0.6 is 34.7 Å². The van der Waals surface area contributed by atoms with Crippen LogP contribution in [0.3, 0.4) is 0 Å². The Hall–Kier alpha value is -8.21. The monoisotopic (exact) mass is 2190 g/mol. The number of nitrogen functional groups attached to an aromatic ring is 6. The molecular formula is C72H101N26O36P5S4. The van der Waals surface area contributed by atoms with Gasteiger partial charge in [0.15, 0.2) is 69.9 Å².